The van der Waals surface area contributed by atoms with Crippen molar-refractivity contribution in [1.29, 1.82) is 0 Å². The van der Waals surface area contributed by atoms with Crippen molar-refractivity contribution >= 4 is 17.6 Å². The van der Waals surface area contributed by atoms with Gasteiger partial charge in [-0.25, -0.2) is 9.59 Å². The Labute approximate surface area is 124 Å². The van der Waals surface area contributed by atoms with Crippen LogP contribution < -0.4 is 10.5 Å². The van der Waals surface area contributed by atoms with E-state index in [2.05, 4.69) is 0 Å². The quantitative estimate of drug-likeness (QED) is 0.449. The van der Waals surface area contributed by atoms with Crippen LogP contribution in [0.1, 0.15) is 37.0 Å². The Morgan fingerprint density at radius 3 is 2.62 bits per heavy atom. The summed E-state index contributed by atoms with van der Waals surface area (Å²) in [5, 5.41) is 0. The molecule has 0 aliphatic rings. The number of anilines is 1. The zero-order valence-electron chi connectivity index (χ0n) is 12.4. The second-order valence-electron chi connectivity index (χ2n) is 4.34. The van der Waals surface area contributed by atoms with Gasteiger partial charge in [0.2, 0.25) is 0 Å². The molecule has 6 heteroatoms. The molecule has 0 fully saturated rings. The van der Waals surface area contributed by atoms with E-state index in [1.54, 1.807) is 13.0 Å². The third kappa shape index (κ3) is 5.72. The highest BCUT2D eigenvalue weighted by Crippen LogP contribution is 2.22. The summed E-state index contributed by atoms with van der Waals surface area (Å²) in [6.45, 7) is 4.05. The van der Waals surface area contributed by atoms with Crippen LogP contribution in [0.3, 0.4) is 0 Å². The van der Waals surface area contributed by atoms with Crippen molar-refractivity contribution in [2.24, 2.45) is 0 Å². The number of benzene rings is 1. The third-order valence-corrected chi connectivity index (χ3v) is 2.61. The van der Waals surface area contributed by atoms with Crippen LogP contribution in [0.25, 0.3) is 0 Å². The molecule has 0 atom stereocenters. The number of hydrogen-bond donors (Lipinski definition) is 1. The van der Waals surface area contributed by atoms with Crippen molar-refractivity contribution in [2.45, 2.75) is 26.7 Å². The van der Waals surface area contributed by atoms with Gasteiger partial charge in [-0.15, -0.1) is 0 Å². The Hall–Kier alpha value is -2.24. The van der Waals surface area contributed by atoms with Gasteiger partial charge in [0.25, 0.3) is 0 Å². The van der Waals surface area contributed by atoms with E-state index >= 15 is 0 Å². The van der Waals surface area contributed by atoms with Gasteiger partial charge in [0.1, 0.15) is 11.3 Å². The lowest BCUT2D eigenvalue weighted by Crippen LogP contribution is -2.17. The van der Waals surface area contributed by atoms with E-state index in [4.69, 9.17) is 19.9 Å². The summed E-state index contributed by atoms with van der Waals surface area (Å²) in [4.78, 5) is 23.3. The number of unbranched alkanes of at least 4 members (excludes halogenated alkanes) is 1. The van der Waals surface area contributed by atoms with E-state index in [0.29, 0.717) is 12.3 Å². The number of rotatable bonds is 8. The molecule has 21 heavy (non-hydrogen) atoms. The van der Waals surface area contributed by atoms with Crippen LogP contribution in [0.5, 0.6) is 5.75 Å². The van der Waals surface area contributed by atoms with Crippen molar-refractivity contribution in [1.82, 2.24) is 0 Å². The maximum absolute atomic E-state index is 11.8. The zero-order valence-corrected chi connectivity index (χ0v) is 12.4. The van der Waals surface area contributed by atoms with Crippen LogP contribution in [0.4, 0.5) is 5.69 Å². The molecule has 0 saturated carbocycles. The second-order valence-corrected chi connectivity index (χ2v) is 4.34. The van der Waals surface area contributed by atoms with Gasteiger partial charge in [-0.3, -0.25) is 0 Å². The highest BCUT2D eigenvalue weighted by Gasteiger charge is 2.15. The minimum atomic E-state index is -0.521. The first-order valence-electron chi connectivity index (χ1n) is 6.93. The average Bonchev–Trinajstić information content (AvgIpc) is 2.45. The van der Waals surface area contributed by atoms with E-state index < -0.39 is 11.9 Å². The minimum absolute atomic E-state index is 0.209. The van der Waals surface area contributed by atoms with Gasteiger partial charge in [0.15, 0.2) is 6.61 Å². The third-order valence-electron chi connectivity index (χ3n) is 2.61. The lowest BCUT2D eigenvalue weighted by atomic mass is 10.2. The average molecular weight is 295 g/mol. The Morgan fingerprint density at radius 1 is 1.19 bits per heavy atom. The predicted molar refractivity (Wildman–Crippen MR) is 78.2 cm³/mol. The van der Waals surface area contributed by atoms with E-state index in [1.165, 1.54) is 12.1 Å². The van der Waals surface area contributed by atoms with Crippen molar-refractivity contribution in [3.05, 3.63) is 23.8 Å². The molecule has 1 aromatic rings. The standard InChI is InChI=1S/C15H21NO5/c1-3-5-8-20-14(17)10-21-13-9-11(16)6-7-12(13)15(18)19-4-2/h6-7,9H,3-5,8,10,16H2,1-2H3. The highest BCUT2D eigenvalue weighted by molar-refractivity contribution is 5.93. The lowest BCUT2D eigenvalue weighted by Gasteiger charge is -2.11. The number of carbonyl (C=O) groups is 2. The molecule has 6 nitrogen and oxygen atoms in total. The second kappa shape index (κ2) is 8.84. The van der Waals surface area contributed by atoms with Gasteiger partial charge < -0.3 is 19.9 Å². The molecule has 0 unspecified atom stereocenters. The van der Waals surface area contributed by atoms with Gasteiger partial charge in [0, 0.05) is 11.8 Å². The summed E-state index contributed by atoms with van der Waals surface area (Å²) >= 11 is 0. The molecule has 0 aliphatic carbocycles. The first kappa shape index (κ1) is 16.8. The maximum Gasteiger partial charge on any atom is 0.344 e. The SMILES string of the molecule is CCCCOC(=O)COc1cc(N)ccc1C(=O)OCC. The molecule has 1 aromatic carbocycles. The fourth-order valence-electron chi connectivity index (χ4n) is 1.54. The minimum Gasteiger partial charge on any atom is -0.481 e. The molecule has 0 saturated heterocycles. The first-order chi connectivity index (χ1) is 10.1. The number of ether oxygens (including phenoxy) is 3. The summed E-state index contributed by atoms with van der Waals surface area (Å²) in [6, 6.07) is 4.55. The van der Waals surface area contributed by atoms with Crippen LogP contribution in [0.2, 0.25) is 0 Å². The van der Waals surface area contributed by atoms with E-state index in [0.717, 1.165) is 12.8 Å². The molecule has 0 spiro atoms. The molecule has 116 valence electrons. The summed E-state index contributed by atoms with van der Waals surface area (Å²) in [5.74, 6) is -0.798. The van der Waals surface area contributed by atoms with Crippen LogP contribution in [0, 0.1) is 0 Å². The van der Waals surface area contributed by atoms with Crippen LogP contribution in [-0.4, -0.2) is 31.8 Å². The molecule has 0 aliphatic heterocycles. The predicted octanol–water partition coefficient (Wildman–Crippen LogP) is 2.17. The van der Waals surface area contributed by atoms with Crippen LogP contribution in [0.15, 0.2) is 18.2 Å². The van der Waals surface area contributed by atoms with Gasteiger partial charge in [-0.2, -0.15) is 0 Å². The van der Waals surface area contributed by atoms with Gasteiger partial charge in [0.05, 0.1) is 13.2 Å². The molecule has 1 rings (SSSR count). The Kier molecular flexibility index (Phi) is 7.08. The zero-order chi connectivity index (χ0) is 15.7. The van der Waals surface area contributed by atoms with Gasteiger partial charge in [-0.05, 0) is 25.5 Å². The molecule has 0 radical (unpaired) electrons. The van der Waals surface area contributed by atoms with E-state index in [1.807, 2.05) is 6.92 Å². The van der Waals surface area contributed by atoms with Crippen LogP contribution >= 0.6 is 0 Å². The fraction of sp³-hybridized carbons (Fsp3) is 0.467. The highest BCUT2D eigenvalue weighted by atomic mass is 16.6. The summed E-state index contributed by atoms with van der Waals surface area (Å²) in [5.41, 5.74) is 6.32. The van der Waals surface area contributed by atoms with Gasteiger partial charge >= 0.3 is 11.9 Å². The van der Waals surface area contributed by atoms with E-state index in [9.17, 15) is 9.59 Å². The fourth-order valence-corrected chi connectivity index (χ4v) is 1.54. The molecule has 0 heterocycles. The van der Waals surface area contributed by atoms with Crippen molar-refractivity contribution < 1.29 is 23.8 Å². The monoisotopic (exact) mass is 295 g/mol. The van der Waals surface area contributed by atoms with Crippen LogP contribution in [-0.2, 0) is 14.3 Å². The lowest BCUT2D eigenvalue weighted by molar-refractivity contribution is -0.146. The van der Waals surface area contributed by atoms with Crippen molar-refractivity contribution in [3.63, 3.8) is 0 Å². The molecular formula is C15H21NO5. The number of carbonyl (C=O) groups excluding carboxylic acids is 2. The molecule has 2 N–H and O–H groups in total. The molecular weight excluding hydrogens is 274 g/mol. The molecule has 0 amide bonds. The number of hydrogen-bond acceptors (Lipinski definition) is 6. The van der Waals surface area contributed by atoms with Gasteiger partial charge in [-0.1, -0.05) is 13.3 Å². The number of nitrogens with two attached hydrogens (primary N) is 1. The Bertz CT molecular complexity index is 487. The van der Waals surface area contributed by atoms with Crippen molar-refractivity contribution in [3.8, 4) is 5.75 Å². The maximum atomic E-state index is 11.8. The first-order valence-corrected chi connectivity index (χ1v) is 6.93. The number of esters is 2. The summed E-state index contributed by atoms with van der Waals surface area (Å²) in [7, 11) is 0. The summed E-state index contributed by atoms with van der Waals surface area (Å²) < 4.78 is 15.2. The number of nitrogen functional groups attached to an aromatic ring is 1. The Morgan fingerprint density at radius 2 is 1.95 bits per heavy atom. The molecule has 0 bridgehead atoms. The largest absolute Gasteiger partial charge is 0.481 e. The normalized spacial score (nSPS) is 10.0. The topological polar surface area (TPSA) is 87.9 Å². The van der Waals surface area contributed by atoms with Crippen molar-refractivity contribution in [2.75, 3.05) is 25.6 Å². The Balaban J connectivity index is 2.66. The smallest absolute Gasteiger partial charge is 0.344 e. The van der Waals surface area contributed by atoms with E-state index in [-0.39, 0.29) is 24.5 Å². The molecule has 0 aromatic heterocycles. The summed E-state index contributed by atoms with van der Waals surface area (Å²) in [6.07, 6.45) is 1.74.